The van der Waals surface area contributed by atoms with Gasteiger partial charge in [0, 0.05) is 28.8 Å². The lowest BCUT2D eigenvalue weighted by atomic mass is 10.0. The number of hydrogen-bond donors (Lipinski definition) is 0. The first-order valence-corrected chi connectivity index (χ1v) is 11.3. The standard InChI is InChI=1S/C20H25Cl2NO2S2/c1-6-26-13(2)12-27-18-15-8-10-23(19(24)25-20(3,4)5)9-7-14(15)16(21)11-17(18)22/h6,11H,1-2,7-10,12H2,3-5H3. The number of fused-ring (bicyclic) bond motifs is 1. The molecule has 0 spiro atoms. The van der Waals surface area contributed by atoms with Crippen molar-refractivity contribution in [1.82, 2.24) is 4.90 Å². The molecule has 1 aliphatic heterocycles. The molecule has 0 saturated heterocycles. The quantitative estimate of drug-likeness (QED) is 0.465. The van der Waals surface area contributed by atoms with Crippen LogP contribution in [-0.2, 0) is 17.6 Å². The first-order chi connectivity index (χ1) is 12.6. The Bertz CT molecular complexity index is 744. The number of thioether (sulfide) groups is 2. The third kappa shape index (κ3) is 6.38. The number of ether oxygens (including phenoxy) is 1. The molecule has 1 heterocycles. The van der Waals surface area contributed by atoms with Crippen LogP contribution in [0.3, 0.4) is 0 Å². The fourth-order valence-electron chi connectivity index (χ4n) is 2.80. The maximum atomic E-state index is 12.5. The smallest absolute Gasteiger partial charge is 0.410 e. The molecule has 0 aliphatic carbocycles. The predicted molar refractivity (Wildman–Crippen MR) is 119 cm³/mol. The summed E-state index contributed by atoms with van der Waals surface area (Å²) >= 11 is 16.1. The van der Waals surface area contributed by atoms with Crippen LogP contribution in [0.25, 0.3) is 0 Å². The molecule has 1 amide bonds. The summed E-state index contributed by atoms with van der Waals surface area (Å²) < 4.78 is 5.52. The van der Waals surface area contributed by atoms with Gasteiger partial charge >= 0.3 is 6.09 Å². The number of carbonyl (C=O) groups excluding carboxylic acids is 1. The van der Waals surface area contributed by atoms with Crippen molar-refractivity contribution in [2.45, 2.75) is 44.1 Å². The van der Waals surface area contributed by atoms with Gasteiger partial charge in [-0.15, -0.1) is 23.5 Å². The van der Waals surface area contributed by atoms with Gasteiger partial charge in [0.25, 0.3) is 0 Å². The van der Waals surface area contributed by atoms with Gasteiger partial charge in [-0.2, -0.15) is 0 Å². The van der Waals surface area contributed by atoms with E-state index in [0.29, 0.717) is 36.0 Å². The minimum atomic E-state index is -0.513. The fourth-order valence-corrected chi connectivity index (χ4v) is 5.15. The van der Waals surface area contributed by atoms with Crippen molar-refractivity contribution in [2.75, 3.05) is 18.8 Å². The molecule has 2 rings (SSSR count). The number of nitrogens with zero attached hydrogens (tertiary/aromatic N) is 1. The maximum absolute atomic E-state index is 12.5. The van der Waals surface area contributed by atoms with E-state index in [1.165, 1.54) is 11.8 Å². The molecule has 0 unspecified atom stereocenters. The Morgan fingerprint density at radius 3 is 2.48 bits per heavy atom. The molecule has 0 radical (unpaired) electrons. The lowest BCUT2D eigenvalue weighted by molar-refractivity contribution is 0.0258. The minimum Gasteiger partial charge on any atom is -0.444 e. The average Bonchev–Trinajstić information content (AvgIpc) is 2.76. The molecule has 0 saturated carbocycles. The largest absolute Gasteiger partial charge is 0.444 e. The number of amides is 1. The van der Waals surface area contributed by atoms with Crippen LogP contribution in [0.15, 0.2) is 34.4 Å². The Balaban J connectivity index is 2.22. The summed E-state index contributed by atoms with van der Waals surface area (Å²) in [6.07, 6.45) is 1.08. The molecule has 0 atom stereocenters. The minimum absolute atomic E-state index is 0.289. The van der Waals surface area contributed by atoms with Crippen molar-refractivity contribution < 1.29 is 9.53 Å². The third-order valence-corrected chi connectivity index (χ3v) is 6.76. The van der Waals surface area contributed by atoms with E-state index < -0.39 is 5.60 Å². The zero-order valence-electron chi connectivity index (χ0n) is 15.9. The van der Waals surface area contributed by atoms with Crippen LogP contribution >= 0.6 is 46.7 Å². The molecule has 1 aliphatic rings. The van der Waals surface area contributed by atoms with Crippen molar-refractivity contribution in [3.05, 3.63) is 50.7 Å². The van der Waals surface area contributed by atoms with Crippen molar-refractivity contribution >= 4 is 52.8 Å². The first-order valence-electron chi connectivity index (χ1n) is 8.68. The van der Waals surface area contributed by atoms with Gasteiger partial charge in [-0.1, -0.05) is 36.4 Å². The van der Waals surface area contributed by atoms with Crippen LogP contribution in [0.5, 0.6) is 0 Å². The normalized spacial score (nSPS) is 14.3. The number of rotatable bonds is 5. The fraction of sp³-hybridized carbons (Fsp3) is 0.450. The van der Waals surface area contributed by atoms with E-state index in [4.69, 9.17) is 27.9 Å². The van der Waals surface area contributed by atoms with Gasteiger partial charge in [-0.05, 0) is 61.1 Å². The number of hydrogen-bond acceptors (Lipinski definition) is 4. The molecular formula is C20H25Cl2NO2S2. The molecule has 3 nitrogen and oxygen atoms in total. The summed E-state index contributed by atoms with van der Waals surface area (Å²) in [7, 11) is 0. The summed E-state index contributed by atoms with van der Waals surface area (Å²) in [6, 6.07) is 1.80. The zero-order chi connectivity index (χ0) is 20.2. The average molecular weight is 446 g/mol. The van der Waals surface area contributed by atoms with E-state index in [1.807, 2.05) is 20.8 Å². The molecule has 0 fully saturated rings. The van der Waals surface area contributed by atoms with E-state index in [0.717, 1.165) is 26.7 Å². The molecule has 7 heteroatoms. The van der Waals surface area contributed by atoms with E-state index in [1.54, 1.807) is 28.1 Å². The maximum Gasteiger partial charge on any atom is 0.410 e. The Labute approximate surface area is 180 Å². The monoisotopic (exact) mass is 445 g/mol. The number of carbonyl (C=O) groups is 1. The summed E-state index contributed by atoms with van der Waals surface area (Å²) in [6.45, 7) is 14.5. The van der Waals surface area contributed by atoms with Gasteiger partial charge in [0.2, 0.25) is 0 Å². The molecular weight excluding hydrogens is 421 g/mol. The predicted octanol–water partition coefficient (Wildman–Crippen LogP) is 6.81. The summed E-state index contributed by atoms with van der Waals surface area (Å²) in [5.74, 6) is 0.736. The van der Waals surface area contributed by atoms with Gasteiger partial charge < -0.3 is 9.64 Å². The lowest BCUT2D eigenvalue weighted by Gasteiger charge is -2.26. The molecule has 0 N–H and O–H groups in total. The topological polar surface area (TPSA) is 29.5 Å². The van der Waals surface area contributed by atoms with Gasteiger partial charge in [0.1, 0.15) is 5.60 Å². The Kier molecular flexibility index (Phi) is 8.05. The summed E-state index contributed by atoms with van der Waals surface area (Å²) in [5, 5.41) is 3.07. The van der Waals surface area contributed by atoms with Crippen LogP contribution in [-0.4, -0.2) is 35.4 Å². The van der Waals surface area contributed by atoms with Gasteiger partial charge in [0.15, 0.2) is 0 Å². The highest BCUT2D eigenvalue weighted by Crippen LogP contribution is 2.40. The Morgan fingerprint density at radius 2 is 1.89 bits per heavy atom. The Morgan fingerprint density at radius 1 is 1.26 bits per heavy atom. The van der Waals surface area contributed by atoms with Gasteiger partial charge in [-0.25, -0.2) is 4.79 Å². The van der Waals surface area contributed by atoms with E-state index >= 15 is 0 Å². The van der Waals surface area contributed by atoms with Gasteiger partial charge in [0.05, 0.1) is 5.02 Å². The third-order valence-electron chi connectivity index (χ3n) is 3.94. The SMILES string of the molecule is C=CSC(=C)CSc1c(Cl)cc(Cl)c2c1CCN(C(=O)OC(C)(C)C)CC2. The van der Waals surface area contributed by atoms with Crippen LogP contribution in [0.2, 0.25) is 10.0 Å². The van der Waals surface area contributed by atoms with Crippen LogP contribution in [0.4, 0.5) is 4.79 Å². The van der Waals surface area contributed by atoms with E-state index in [9.17, 15) is 4.79 Å². The van der Waals surface area contributed by atoms with Crippen molar-refractivity contribution in [3.8, 4) is 0 Å². The molecule has 1 aromatic carbocycles. The van der Waals surface area contributed by atoms with Crippen LogP contribution < -0.4 is 0 Å². The van der Waals surface area contributed by atoms with Crippen LogP contribution in [0.1, 0.15) is 31.9 Å². The van der Waals surface area contributed by atoms with Crippen LogP contribution in [0, 0.1) is 0 Å². The lowest BCUT2D eigenvalue weighted by Crippen LogP contribution is -2.38. The second-order valence-corrected chi connectivity index (χ2v) is 10.2. The van der Waals surface area contributed by atoms with Crippen molar-refractivity contribution in [1.29, 1.82) is 0 Å². The molecule has 0 aromatic heterocycles. The van der Waals surface area contributed by atoms with Crippen molar-refractivity contribution in [3.63, 3.8) is 0 Å². The molecule has 1 aromatic rings. The summed E-state index contributed by atoms with van der Waals surface area (Å²) in [5.41, 5.74) is 1.68. The van der Waals surface area contributed by atoms with E-state index in [-0.39, 0.29) is 6.09 Å². The molecule has 0 bridgehead atoms. The highest BCUT2D eigenvalue weighted by atomic mass is 35.5. The van der Waals surface area contributed by atoms with E-state index in [2.05, 4.69) is 13.2 Å². The highest BCUT2D eigenvalue weighted by molar-refractivity contribution is 8.07. The Hall–Kier alpha value is -0.750. The number of benzene rings is 1. The molecule has 148 valence electrons. The van der Waals surface area contributed by atoms with Crippen molar-refractivity contribution in [2.24, 2.45) is 0 Å². The first kappa shape index (κ1) is 22.5. The second kappa shape index (κ2) is 9.64. The molecule has 27 heavy (non-hydrogen) atoms. The van der Waals surface area contributed by atoms with Gasteiger partial charge in [-0.3, -0.25) is 0 Å². The number of halogens is 2. The zero-order valence-corrected chi connectivity index (χ0v) is 19.1. The highest BCUT2D eigenvalue weighted by Gasteiger charge is 2.27. The summed E-state index contributed by atoms with van der Waals surface area (Å²) in [4.78, 5) is 16.2. The second-order valence-electron chi connectivity index (χ2n) is 7.21.